The summed E-state index contributed by atoms with van der Waals surface area (Å²) in [5, 5.41) is 11.8. The van der Waals surface area contributed by atoms with Crippen LogP contribution in [-0.2, 0) is 25.7 Å². The summed E-state index contributed by atoms with van der Waals surface area (Å²) in [6.07, 6.45) is 2.36. The van der Waals surface area contributed by atoms with Crippen LogP contribution >= 0.6 is 11.6 Å². The van der Waals surface area contributed by atoms with Gasteiger partial charge < -0.3 is 24.1 Å². The fourth-order valence-corrected chi connectivity index (χ4v) is 3.81. The van der Waals surface area contributed by atoms with Crippen LogP contribution in [0.2, 0.25) is 5.02 Å². The van der Waals surface area contributed by atoms with Crippen LogP contribution in [0.15, 0.2) is 36.5 Å². The van der Waals surface area contributed by atoms with Crippen molar-refractivity contribution >= 4 is 17.6 Å². The molecule has 2 aliphatic heterocycles. The summed E-state index contributed by atoms with van der Waals surface area (Å²) >= 11 is 5.93. The van der Waals surface area contributed by atoms with Gasteiger partial charge in [0.1, 0.15) is 11.3 Å². The zero-order chi connectivity index (χ0) is 20.6. The van der Waals surface area contributed by atoms with E-state index in [-0.39, 0.29) is 25.1 Å². The molecule has 0 radical (unpaired) electrons. The number of benzene rings is 1. The van der Waals surface area contributed by atoms with Crippen molar-refractivity contribution in [3.63, 3.8) is 0 Å². The Balaban J connectivity index is 1.56. The summed E-state index contributed by atoms with van der Waals surface area (Å²) in [5.74, 6) is -0.484. The molecule has 0 bridgehead atoms. The Morgan fingerprint density at radius 2 is 2.17 bits per heavy atom. The van der Waals surface area contributed by atoms with Crippen molar-refractivity contribution in [3.8, 4) is 11.5 Å². The third kappa shape index (κ3) is 3.77. The largest absolute Gasteiger partial charge is 0.469 e. The van der Waals surface area contributed by atoms with Crippen LogP contribution < -0.4 is 9.47 Å². The average molecular weight is 420 g/mol. The number of nitrogens with zero attached hydrogens (tertiary/aromatic N) is 1. The first-order valence-corrected chi connectivity index (χ1v) is 9.75. The number of esters is 1. The molecule has 1 fully saturated rings. The first-order chi connectivity index (χ1) is 13.8. The van der Waals surface area contributed by atoms with Gasteiger partial charge >= 0.3 is 5.97 Å². The molecular formula is C21H22ClNO6. The van der Waals surface area contributed by atoms with Gasteiger partial charge in [0.25, 0.3) is 5.79 Å². The number of hydrogen-bond donors (Lipinski definition) is 1. The number of aliphatic hydroxyl groups is 1. The zero-order valence-electron chi connectivity index (χ0n) is 16.2. The van der Waals surface area contributed by atoms with E-state index in [9.17, 15) is 9.90 Å². The summed E-state index contributed by atoms with van der Waals surface area (Å²) in [4.78, 5) is 15.8. The number of methoxy groups -OCH3 is 1. The van der Waals surface area contributed by atoms with Gasteiger partial charge in [-0.25, -0.2) is 0 Å². The highest BCUT2D eigenvalue weighted by Crippen LogP contribution is 2.50. The molecule has 1 N–H and O–H groups in total. The van der Waals surface area contributed by atoms with Crippen LogP contribution in [0.5, 0.6) is 11.5 Å². The van der Waals surface area contributed by atoms with Crippen LogP contribution in [0.3, 0.4) is 0 Å². The lowest BCUT2D eigenvalue weighted by molar-refractivity contribution is -0.154. The van der Waals surface area contributed by atoms with E-state index >= 15 is 0 Å². The number of hydrogen-bond acceptors (Lipinski definition) is 7. The number of ether oxygens (including phenoxy) is 4. The SMILES string of the molecule is COC(=O)CC1CCC(O)(c2cccc3c2O[C@](C)(c2ccc(Cl)cn2)O3)CO1. The van der Waals surface area contributed by atoms with Gasteiger partial charge in [0.2, 0.25) is 0 Å². The summed E-state index contributed by atoms with van der Waals surface area (Å²) < 4.78 is 22.7. The van der Waals surface area contributed by atoms with Gasteiger partial charge in [-0.3, -0.25) is 9.78 Å². The van der Waals surface area contributed by atoms with Crippen LogP contribution in [0, 0.1) is 0 Å². The Morgan fingerprint density at radius 3 is 2.83 bits per heavy atom. The second-order valence-electron chi connectivity index (χ2n) is 7.43. The Morgan fingerprint density at radius 1 is 1.34 bits per heavy atom. The average Bonchev–Trinajstić information content (AvgIpc) is 3.07. The summed E-state index contributed by atoms with van der Waals surface area (Å²) in [6, 6.07) is 8.84. The molecule has 2 unspecified atom stereocenters. The number of carbonyl (C=O) groups excluding carboxylic acids is 1. The maximum Gasteiger partial charge on any atom is 0.308 e. The highest BCUT2D eigenvalue weighted by Gasteiger charge is 2.46. The first kappa shape index (κ1) is 19.9. The third-order valence-electron chi connectivity index (χ3n) is 5.33. The van der Waals surface area contributed by atoms with Crippen LogP contribution in [0.25, 0.3) is 0 Å². The lowest BCUT2D eigenvalue weighted by Gasteiger charge is -2.36. The van der Waals surface area contributed by atoms with Gasteiger partial charge in [-0.15, -0.1) is 0 Å². The number of fused-ring (bicyclic) bond motifs is 1. The molecule has 4 rings (SSSR count). The lowest BCUT2D eigenvalue weighted by atomic mass is 9.85. The Labute approximate surface area is 173 Å². The van der Waals surface area contributed by atoms with Gasteiger partial charge in [0.15, 0.2) is 11.5 Å². The second kappa shape index (κ2) is 7.48. The van der Waals surface area contributed by atoms with Crippen molar-refractivity contribution in [2.45, 2.75) is 43.7 Å². The predicted octanol–water partition coefficient (Wildman–Crippen LogP) is 3.31. The van der Waals surface area contributed by atoms with Crippen molar-refractivity contribution in [1.82, 2.24) is 4.98 Å². The van der Waals surface area contributed by atoms with Crippen molar-refractivity contribution < 1.29 is 28.8 Å². The fourth-order valence-electron chi connectivity index (χ4n) is 3.70. The molecule has 1 aromatic heterocycles. The fraction of sp³-hybridized carbons (Fsp3) is 0.429. The summed E-state index contributed by atoms with van der Waals surface area (Å²) in [6.45, 7) is 1.81. The molecule has 154 valence electrons. The van der Waals surface area contributed by atoms with Gasteiger partial charge in [-0.1, -0.05) is 23.7 Å². The summed E-state index contributed by atoms with van der Waals surface area (Å²) in [7, 11) is 1.35. The smallest absolute Gasteiger partial charge is 0.308 e. The molecule has 0 amide bonds. The number of aromatic nitrogens is 1. The Hall–Kier alpha value is -2.35. The lowest BCUT2D eigenvalue weighted by Crippen LogP contribution is -2.40. The Bertz CT molecular complexity index is 910. The topological polar surface area (TPSA) is 87.1 Å². The quantitative estimate of drug-likeness (QED) is 0.760. The van der Waals surface area contributed by atoms with E-state index in [2.05, 4.69) is 4.98 Å². The van der Waals surface area contributed by atoms with Crippen LogP contribution in [0.1, 0.15) is 37.4 Å². The molecule has 29 heavy (non-hydrogen) atoms. The summed E-state index contributed by atoms with van der Waals surface area (Å²) in [5.41, 5.74) is -0.0988. The van der Waals surface area contributed by atoms with E-state index in [1.807, 2.05) is 0 Å². The molecule has 3 atom stereocenters. The molecule has 7 nitrogen and oxygen atoms in total. The van der Waals surface area contributed by atoms with E-state index in [4.69, 9.17) is 30.5 Å². The predicted molar refractivity (Wildman–Crippen MR) is 104 cm³/mol. The number of rotatable bonds is 4. The second-order valence-corrected chi connectivity index (χ2v) is 7.86. The minimum Gasteiger partial charge on any atom is -0.469 e. The normalized spacial score (nSPS) is 28.2. The molecule has 8 heteroatoms. The number of para-hydroxylation sites is 1. The minimum atomic E-state index is -1.25. The Kier molecular flexibility index (Phi) is 5.14. The zero-order valence-corrected chi connectivity index (χ0v) is 16.9. The monoisotopic (exact) mass is 419 g/mol. The van der Waals surface area contributed by atoms with E-state index < -0.39 is 11.4 Å². The molecule has 0 saturated carbocycles. The van der Waals surface area contributed by atoms with Crippen molar-refractivity contribution in [3.05, 3.63) is 52.8 Å². The highest BCUT2D eigenvalue weighted by molar-refractivity contribution is 6.30. The van der Waals surface area contributed by atoms with Crippen molar-refractivity contribution in [1.29, 1.82) is 0 Å². The van der Waals surface area contributed by atoms with Crippen LogP contribution in [-0.4, -0.2) is 35.9 Å². The standard InChI is InChI=1S/C21H22ClNO6/c1-20(17-7-6-13(22)11-23-17)28-16-5-3-4-15(19(16)29-20)21(25)9-8-14(27-12-21)10-18(24)26-2/h3-7,11,14,25H,8-10,12H2,1-2H3/t14?,20-,21?/m1/s1. The molecular weight excluding hydrogens is 398 g/mol. The highest BCUT2D eigenvalue weighted by atomic mass is 35.5. The molecule has 0 aliphatic carbocycles. The molecule has 1 saturated heterocycles. The van der Waals surface area contributed by atoms with Crippen molar-refractivity contribution in [2.24, 2.45) is 0 Å². The molecule has 0 spiro atoms. The third-order valence-corrected chi connectivity index (χ3v) is 5.56. The van der Waals surface area contributed by atoms with Gasteiger partial charge in [0, 0.05) is 18.7 Å². The van der Waals surface area contributed by atoms with E-state index in [0.717, 1.165) is 0 Å². The van der Waals surface area contributed by atoms with Gasteiger partial charge in [-0.05, 0) is 31.0 Å². The van der Waals surface area contributed by atoms with Crippen LogP contribution in [0.4, 0.5) is 0 Å². The van der Waals surface area contributed by atoms with Gasteiger partial charge in [0.05, 0.1) is 31.3 Å². The minimum absolute atomic E-state index is 0.0460. The van der Waals surface area contributed by atoms with E-state index in [1.165, 1.54) is 13.3 Å². The molecule has 2 aliphatic rings. The van der Waals surface area contributed by atoms with E-state index in [1.54, 1.807) is 37.3 Å². The first-order valence-electron chi connectivity index (χ1n) is 9.37. The molecule has 3 heterocycles. The maximum atomic E-state index is 11.5. The molecule has 2 aromatic rings. The van der Waals surface area contributed by atoms with E-state index in [0.29, 0.717) is 40.6 Å². The number of carbonyl (C=O) groups is 1. The number of pyridine rings is 1. The maximum absolute atomic E-state index is 11.5. The molecule has 1 aromatic carbocycles. The van der Waals surface area contributed by atoms with Gasteiger partial charge in [-0.2, -0.15) is 0 Å². The van der Waals surface area contributed by atoms with Crippen molar-refractivity contribution in [2.75, 3.05) is 13.7 Å². The number of halogens is 1.